The third-order valence-corrected chi connectivity index (χ3v) is 4.11. The second-order valence-corrected chi connectivity index (χ2v) is 5.03. The van der Waals surface area contributed by atoms with E-state index in [4.69, 9.17) is 4.74 Å². The summed E-state index contributed by atoms with van der Waals surface area (Å²) in [6.07, 6.45) is 3.87. The first kappa shape index (κ1) is 10.2. The molecular formula is C14H19NO. The van der Waals surface area contributed by atoms with Crippen molar-refractivity contribution in [2.45, 2.75) is 44.7 Å². The average Bonchev–Trinajstić information content (AvgIpc) is 2.33. The van der Waals surface area contributed by atoms with Gasteiger partial charge in [0.15, 0.2) is 0 Å². The summed E-state index contributed by atoms with van der Waals surface area (Å²) in [7, 11) is 1.76. The van der Waals surface area contributed by atoms with Gasteiger partial charge >= 0.3 is 0 Å². The second-order valence-electron chi connectivity index (χ2n) is 5.03. The third kappa shape index (κ3) is 1.44. The van der Waals surface area contributed by atoms with Gasteiger partial charge in [-0.1, -0.05) is 0 Å². The predicted octanol–water partition coefficient (Wildman–Crippen LogP) is 2.61. The van der Waals surface area contributed by atoms with Crippen molar-refractivity contribution in [2.24, 2.45) is 0 Å². The zero-order valence-corrected chi connectivity index (χ0v) is 10.0. The summed E-state index contributed by atoms with van der Waals surface area (Å²) in [4.78, 5) is 0. The van der Waals surface area contributed by atoms with Crippen molar-refractivity contribution in [2.75, 3.05) is 7.11 Å². The highest BCUT2D eigenvalue weighted by atomic mass is 16.5. The third-order valence-electron chi connectivity index (χ3n) is 4.11. The molecular weight excluding hydrogens is 198 g/mol. The first-order chi connectivity index (χ1) is 7.79. The topological polar surface area (TPSA) is 21.3 Å². The van der Waals surface area contributed by atoms with E-state index in [1.54, 1.807) is 12.7 Å². The SMILES string of the molecule is COc1cc2c3c(c1)CNC(C)C3CCC2. The molecule has 1 N–H and O–H groups in total. The van der Waals surface area contributed by atoms with Gasteiger partial charge in [0.25, 0.3) is 0 Å². The number of ether oxygens (including phenoxy) is 1. The molecule has 1 heterocycles. The van der Waals surface area contributed by atoms with Crippen LogP contribution in [0.25, 0.3) is 0 Å². The van der Waals surface area contributed by atoms with Crippen LogP contribution >= 0.6 is 0 Å². The lowest BCUT2D eigenvalue weighted by Gasteiger charge is -2.37. The lowest BCUT2D eigenvalue weighted by molar-refractivity contribution is 0.377. The first-order valence-corrected chi connectivity index (χ1v) is 6.22. The maximum atomic E-state index is 5.38. The molecule has 2 atom stereocenters. The van der Waals surface area contributed by atoms with E-state index in [-0.39, 0.29) is 0 Å². The Morgan fingerprint density at radius 3 is 2.94 bits per heavy atom. The van der Waals surface area contributed by atoms with Crippen LogP contribution in [0.2, 0.25) is 0 Å². The van der Waals surface area contributed by atoms with Gasteiger partial charge in [0.1, 0.15) is 5.75 Å². The van der Waals surface area contributed by atoms with Crippen LogP contribution in [-0.4, -0.2) is 13.2 Å². The number of nitrogens with one attached hydrogen (secondary N) is 1. The summed E-state index contributed by atoms with van der Waals surface area (Å²) in [5.41, 5.74) is 4.61. The minimum Gasteiger partial charge on any atom is -0.497 e. The Morgan fingerprint density at radius 1 is 1.31 bits per heavy atom. The van der Waals surface area contributed by atoms with Crippen LogP contribution in [0.3, 0.4) is 0 Å². The summed E-state index contributed by atoms with van der Waals surface area (Å²) < 4.78 is 5.38. The monoisotopic (exact) mass is 217 g/mol. The maximum Gasteiger partial charge on any atom is 0.119 e. The molecule has 2 nitrogen and oxygen atoms in total. The molecule has 0 bridgehead atoms. The summed E-state index contributed by atoms with van der Waals surface area (Å²) in [5, 5.41) is 3.60. The molecule has 0 saturated heterocycles. The molecule has 1 aromatic carbocycles. The van der Waals surface area contributed by atoms with Crippen LogP contribution in [0.15, 0.2) is 12.1 Å². The van der Waals surface area contributed by atoms with E-state index < -0.39 is 0 Å². The Morgan fingerprint density at radius 2 is 2.12 bits per heavy atom. The highest BCUT2D eigenvalue weighted by molar-refractivity contribution is 5.47. The average molecular weight is 217 g/mol. The van der Waals surface area contributed by atoms with Gasteiger partial charge < -0.3 is 10.1 Å². The van der Waals surface area contributed by atoms with Gasteiger partial charge in [0, 0.05) is 12.6 Å². The molecule has 0 radical (unpaired) electrons. The Balaban J connectivity index is 2.14. The first-order valence-electron chi connectivity index (χ1n) is 6.22. The molecule has 1 aliphatic carbocycles. The minimum atomic E-state index is 0.625. The zero-order chi connectivity index (χ0) is 11.1. The number of methoxy groups -OCH3 is 1. The number of benzene rings is 1. The van der Waals surface area contributed by atoms with Crippen molar-refractivity contribution in [1.82, 2.24) is 5.32 Å². The standard InChI is InChI=1S/C14H19NO/c1-9-13-5-3-4-10-6-12(16-2)7-11(8-15-9)14(10)13/h6-7,9,13,15H,3-5,8H2,1-2H3. The molecule has 0 amide bonds. The molecule has 2 aliphatic rings. The van der Waals surface area contributed by atoms with Crippen molar-refractivity contribution in [3.8, 4) is 5.75 Å². The van der Waals surface area contributed by atoms with E-state index in [0.717, 1.165) is 18.2 Å². The smallest absolute Gasteiger partial charge is 0.119 e. The predicted molar refractivity (Wildman–Crippen MR) is 65.0 cm³/mol. The Labute approximate surface area is 97.0 Å². The van der Waals surface area contributed by atoms with Gasteiger partial charge in [-0.3, -0.25) is 0 Å². The van der Waals surface area contributed by atoms with Crippen LogP contribution in [0.1, 0.15) is 42.4 Å². The fourth-order valence-corrected chi connectivity index (χ4v) is 3.26. The van der Waals surface area contributed by atoms with Gasteiger partial charge in [-0.2, -0.15) is 0 Å². The van der Waals surface area contributed by atoms with Crippen molar-refractivity contribution < 1.29 is 4.74 Å². The minimum absolute atomic E-state index is 0.625. The largest absolute Gasteiger partial charge is 0.497 e. The number of hydrogen-bond acceptors (Lipinski definition) is 2. The van der Waals surface area contributed by atoms with Crippen molar-refractivity contribution in [3.05, 3.63) is 28.8 Å². The molecule has 0 fully saturated rings. The molecule has 1 aromatic rings. The number of hydrogen-bond donors (Lipinski definition) is 1. The normalized spacial score (nSPS) is 27.4. The molecule has 0 spiro atoms. The quantitative estimate of drug-likeness (QED) is 0.780. The molecule has 2 unspecified atom stereocenters. The fourth-order valence-electron chi connectivity index (χ4n) is 3.26. The molecule has 0 aromatic heterocycles. The van der Waals surface area contributed by atoms with Gasteiger partial charge in [-0.15, -0.1) is 0 Å². The van der Waals surface area contributed by atoms with E-state index in [0.29, 0.717) is 6.04 Å². The van der Waals surface area contributed by atoms with Crippen LogP contribution in [0.5, 0.6) is 5.75 Å². The van der Waals surface area contributed by atoms with E-state index in [1.165, 1.54) is 30.4 Å². The highest BCUT2D eigenvalue weighted by Crippen LogP contribution is 2.40. The van der Waals surface area contributed by atoms with E-state index >= 15 is 0 Å². The van der Waals surface area contributed by atoms with E-state index in [9.17, 15) is 0 Å². The Hall–Kier alpha value is -1.02. The van der Waals surface area contributed by atoms with Gasteiger partial charge in [0.2, 0.25) is 0 Å². The fraction of sp³-hybridized carbons (Fsp3) is 0.571. The van der Waals surface area contributed by atoms with Crippen LogP contribution in [0.4, 0.5) is 0 Å². The summed E-state index contributed by atoms with van der Waals surface area (Å²) in [6.45, 7) is 3.31. The molecule has 86 valence electrons. The van der Waals surface area contributed by atoms with E-state index in [1.807, 2.05) is 0 Å². The van der Waals surface area contributed by atoms with Crippen molar-refractivity contribution in [3.63, 3.8) is 0 Å². The van der Waals surface area contributed by atoms with Gasteiger partial charge in [-0.25, -0.2) is 0 Å². The molecule has 0 saturated carbocycles. The molecule has 2 heteroatoms. The number of aryl methyl sites for hydroxylation is 1. The van der Waals surface area contributed by atoms with Crippen molar-refractivity contribution >= 4 is 0 Å². The van der Waals surface area contributed by atoms with Crippen molar-refractivity contribution in [1.29, 1.82) is 0 Å². The zero-order valence-electron chi connectivity index (χ0n) is 10.0. The summed E-state index contributed by atoms with van der Waals surface area (Å²) in [6, 6.07) is 5.07. The Kier molecular flexibility index (Phi) is 2.40. The van der Waals surface area contributed by atoms with Gasteiger partial charge in [0.05, 0.1) is 7.11 Å². The van der Waals surface area contributed by atoms with Crippen LogP contribution < -0.4 is 10.1 Å². The van der Waals surface area contributed by atoms with E-state index in [2.05, 4.69) is 24.4 Å². The Bertz CT molecular complexity index is 396. The number of rotatable bonds is 1. The van der Waals surface area contributed by atoms with Crippen LogP contribution in [-0.2, 0) is 13.0 Å². The molecule has 3 rings (SSSR count). The van der Waals surface area contributed by atoms with Gasteiger partial charge in [-0.05, 0) is 60.9 Å². The highest BCUT2D eigenvalue weighted by Gasteiger charge is 2.31. The molecule has 16 heavy (non-hydrogen) atoms. The summed E-state index contributed by atoms with van der Waals surface area (Å²) >= 11 is 0. The maximum absolute atomic E-state index is 5.38. The van der Waals surface area contributed by atoms with Crippen LogP contribution in [0, 0.1) is 0 Å². The second kappa shape index (κ2) is 3.77. The molecule has 1 aliphatic heterocycles. The lowest BCUT2D eigenvalue weighted by atomic mass is 9.75. The summed E-state index contributed by atoms with van der Waals surface area (Å²) in [5.74, 6) is 1.74. The lowest BCUT2D eigenvalue weighted by Crippen LogP contribution is -2.39.